The van der Waals surface area contributed by atoms with E-state index in [9.17, 15) is 4.79 Å². The van der Waals surface area contributed by atoms with Crippen LogP contribution in [0.1, 0.15) is 11.1 Å². The maximum atomic E-state index is 12.0. The van der Waals surface area contributed by atoms with Crippen LogP contribution in [-0.2, 0) is 0 Å². The third kappa shape index (κ3) is 1.15. The molecule has 1 nitrogen and oxygen atoms in total. The van der Waals surface area contributed by atoms with Crippen molar-refractivity contribution in [3.8, 4) is 34.1 Å². The Morgan fingerprint density at radius 3 is 1.61 bits per heavy atom. The summed E-state index contributed by atoms with van der Waals surface area (Å²) in [5, 5.41) is 0. The zero-order valence-electron chi connectivity index (χ0n) is 9.53. The Labute approximate surface area is 104 Å². The first-order valence-corrected chi connectivity index (χ1v) is 5.86. The summed E-state index contributed by atoms with van der Waals surface area (Å²) in [5.74, 6) is 6.33. The second kappa shape index (κ2) is 3.21. The van der Waals surface area contributed by atoms with Gasteiger partial charge < -0.3 is 0 Å². The van der Waals surface area contributed by atoms with E-state index in [1.807, 2.05) is 48.5 Å². The average Bonchev–Trinajstić information content (AvgIpc) is 3.05. The van der Waals surface area contributed by atoms with Crippen LogP contribution in [0.4, 0.5) is 0 Å². The third-order valence-corrected chi connectivity index (χ3v) is 3.37. The maximum absolute atomic E-state index is 12.0. The van der Waals surface area contributed by atoms with Gasteiger partial charge >= 0.3 is 0 Å². The molecular formula is C17H8O. The Morgan fingerprint density at radius 2 is 1.11 bits per heavy atom. The molecular weight excluding hydrogens is 220 g/mol. The first-order chi connectivity index (χ1) is 8.86. The third-order valence-electron chi connectivity index (χ3n) is 3.37. The fraction of sp³-hybridized carbons (Fsp3) is 0. The molecule has 0 saturated heterocycles. The Kier molecular flexibility index (Phi) is 1.68. The zero-order chi connectivity index (χ0) is 12.1. The van der Waals surface area contributed by atoms with Crippen molar-refractivity contribution in [1.82, 2.24) is 0 Å². The van der Waals surface area contributed by atoms with Gasteiger partial charge in [0.25, 0.3) is 0 Å². The summed E-state index contributed by atoms with van der Waals surface area (Å²) in [5.41, 5.74) is 5.65. The summed E-state index contributed by atoms with van der Waals surface area (Å²) in [4.78, 5) is 12.0. The number of fused-ring (bicyclic) bond motifs is 5. The smallest absolute Gasteiger partial charge is 0.195 e. The minimum atomic E-state index is 0.153. The van der Waals surface area contributed by atoms with Crippen LogP contribution in [0.5, 0.6) is 0 Å². The topological polar surface area (TPSA) is 17.1 Å². The lowest BCUT2D eigenvalue weighted by Gasteiger charge is -2.03. The summed E-state index contributed by atoms with van der Waals surface area (Å²) >= 11 is 0. The van der Waals surface area contributed by atoms with Crippen molar-refractivity contribution >= 4 is 0 Å². The van der Waals surface area contributed by atoms with E-state index < -0.39 is 0 Å². The molecule has 0 bridgehead atoms. The highest BCUT2D eigenvalue weighted by molar-refractivity contribution is 5.98. The van der Waals surface area contributed by atoms with Gasteiger partial charge in [0.05, 0.1) is 0 Å². The van der Waals surface area contributed by atoms with E-state index >= 15 is 0 Å². The molecule has 18 heavy (non-hydrogen) atoms. The van der Waals surface area contributed by atoms with Crippen molar-refractivity contribution in [2.24, 2.45) is 0 Å². The maximum Gasteiger partial charge on any atom is 0.195 e. The van der Waals surface area contributed by atoms with Crippen LogP contribution in [0.25, 0.3) is 22.3 Å². The predicted molar refractivity (Wildman–Crippen MR) is 71.9 cm³/mol. The van der Waals surface area contributed by atoms with Gasteiger partial charge in [-0.3, -0.25) is 4.79 Å². The molecule has 3 aromatic rings. The monoisotopic (exact) mass is 228 g/mol. The van der Waals surface area contributed by atoms with E-state index in [1.54, 1.807) is 0 Å². The number of hydrogen-bond donors (Lipinski definition) is 0. The first kappa shape index (κ1) is 9.44. The molecule has 0 fully saturated rings. The van der Waals surface area contributed by atoms with E-state index in [0.717, 1.165) is 33.4 Å². The van der Waals surface area contributed by atoms with Crippen LogP contribution in [0.15, 0.2) is 53.3 Å². The van der Waals surface area contributed by atoms with E-state index in [1.165, 1.54) is 0 Å². The molecule has 4 rings (SSSR count). The molecule has 0 N–H and O–H groups in total. The van der Waals surface area contributed by atoms with Crippen LogP contribution >= 0.6 is 0 Å². The first-order valence-electron chi connectivity index (χ1n) is 5.86. The van der Waals surface area contributed by atoms with Gasteiger partial charge in [-0.25, -0.2) is 0 Å². The summed E-state index contributed by atoms with van der Waals surface area (Å²) in [6.07, 6.45) is 0. The zero-order valence-corrected chi connectivity index (χ0v) is 9.53. The lowest BCUT2D eigenvalue weighted by molar-refractivity contribution is 1.60. The Hall–Kier alpha value is -2.59. The van der Waals surface area contributed by atoms with Gasteiger partial charge in [-0.1, -0.05) is 48.2 Å². The molecule has 1 aliphatic carbocycles. The van der Waals surface area contributed by atoms with Gasteiger partial charge in [0.2, 0.25) is 0 Å². The lowest BCUT2D eigenvalue weighted by Crippen LogP contribution is -1.85. The highest BCUT2D eigenvalue weighted by Gasteiger charge is 2.28. The quantitative estimate of drug-likeness (QED) is 0.423. The summed E-state index contributed by atoms with van der Waals surface area (Å²) in [6.45, 7) is 0. The van der Waals surface area contributed by atoms with Crippen molar-refractivity contribution in [2.45, 2.75) is 0 Å². The molecule has 0 saturated carbocycles. The van der Waals surface area contributed by atoms with Gasteiger partial charge in [-0.05, 0) is 12.1 Å². The molecule has 0 unspecified atom stereocenters. The minimum Gasteiger partial charge on any atom is -0.289 e. The normalized spacial score (nSPS) is 11.6. The molecule has 0 radical (unpaired) electrons. The molecule has 0 aliphatic heterocycles. The molecule has 0 atom stereocenters. The number of rotatable bonds is 0. The molecule has 0 spiro atoms. The van der Waals surface area contributed by atoms with Crippen LogP contribution < -0.4 is 5.43 Å². The Balaban J connectivity index is 2.12. The van der Waals surface area contributed by atoms with Crippen LogP contribution in [0.2, 0.25) is 0 Å². The number of hydrogen-bond acceptors (Lipinski definition) is 1. The summed E-state index contributed by atoms with van der Waals surface area (Å²) < 4.78 is 0. The summed E-state index contributed by atoms with van der Waals surface area (Å²) in [7, 11) is 0. The molecule has 82 valence electrons. The van der Waals surface area contributed by atoms with Gasteiger partial charge in [0.15, 0.2) is 5.43 Å². The molecule has 3 aromatic carbocycles. The van der Waals surface area contributed by atoms with E-state index in [0.29, 0.717) is 0 Å². The molecule has 0 amide bonds. The van der Waals surface area contributed by atoms with Crippen LogP contribution in [0.3, 0.4) is 0 Å². The van der Waals surface area contributed by atoms with Crippen molar-refractivity contribution < 1.29 is 0 Å². The predicted octanol–water partition coefficient (Wildman–Crippen LogP) is 2.97. The molecule has 0 aromatic heterocycles. The van der Waals surface area contributed by atoms with Crippen LogP contribution in [0, 0.1) is 11.8 Å². The van der Waals surface area contributed by atoms with Crippen molar-refractivity contribution in [3.63, 3.8) is 0 Å². The highest BCUT2D eigenvalue weighted by Crippen LogP contribution is 2.38. The van der Waals surface area contributed by atoms with Crippen molar-refractivity contribution in [3.05, 3.63) is 69.9 Å². The molecule has 1 heteroatoms. The number of benzene rings is 2. The van der Waals surface area contributed by atoms with Gasteiger partial charge in [0, 0.05) is 33.4 Å². The standard InChI is InChI=1S/C17H8O/c18-17-15-13-7-3-1-5-11(13)9-10-12-6-2-4-8-14(12)16(15)17/h1-8H. The second-order valence-corrected chi connectivity index (χ2v) is 4.42. The van der Waals surface area contributed by atoms with Gasteiger partial charge in [-0.15, -0.1) is 0 Å². The van der Waals surface area contributed by atoms with Crippen molar-refractivity contribution in [2.75, 3.05) is 0 Å². The van der Waals surface area contributed by atoms with Crippen molar-refractivity contribution in [1.29, 1.82) is 0 Å². The second-order valence-electron chi connectivity index (χ2n) is 4.42. The van der Waals surface area contributed by atoms with Gasteiger partial charge in [0.1, 0.15) is 0 Å². The minimum absolute atomic E-state index is 0.153. The van der Waals surface area contributed by atoms with Gasteiger partial charge in [-0.2, -0.15) is 0 Å². The fourth-order valence-corrected chi connectivity index (χ4v) is 2.44. The lowest BCUT2D eigenvalue weighted by atomic mass is 9.98. The van der Waals surface area contributed by atoms with E-state index in [4.69, 9.17) is 0 Å². The van der Waals surface area contributed by atoms with E-state index in [2.05, 4.69) is 11.8 Å². The SMILES string of the molecule is O=c1c2c1-c1ccccc1C#Cc1ccccc1-2. The largest absolute Gasteiger partial charge is 0.289 e. The fourth-order valence-electron chi connectivity index (χ4n) is 2.44. The summed E-state index contributed by atoms with van der Waals surface area (Å²) in [6, 6.07) is 15.7. The molecule has 0 heterocycles. The van der Waals surface area contributed by atoms with Crippen LogP contribution in [-0.4, -0.2) is 0 Å². The highest BCUT2D eigenvalue weighted by atomic mass is 16.1. The molecule has 1 aliphatic rings. The Morgan fingerprint density at radius 1 is 0.667 bits per heavy atom. The van der Waals surface area contributed by atoms with E-state index in [-0.39, 0.29) is 5.43 Å². The average molecular weight is 228 g/mol. The Bertz CT molecular complexity index is 782.